The van der Waals surface area contributed by atoms with E-state index in [4.69, 9.17) is 10.5 Å². The van der Waals surface area contributed by atoms with Gasteiger partial charge < -0.3 is 10.5 Å². The van der Waals surface area contributed by atoms with E-state index in [0.717, 1.165) is 19.6 Å². The minimum absolute atomic E-state index is 0.397. The number of nitrogens with two attached hydrogens (primary N) is 1. The van der Waals surface area contributed by atoms with Gasteiger partial charge in [-0.25, -0.2) is 0 Å². The first-order valence-electron chi connectivity index (χ1n) is 7.42. The van der Waals surface area contributed by atoms with Crippen molar-refractivity contribution >= 4 is 0 Å². The van der Waals surface area contributed by atoms with Crippen molar-refractivity contribution in [1.29, 1.82) is 0 Å². The van der Waals surface area contributed by atoms with Gasteiger partial charge in [-0.2, -0.15) is 0 Å². The van der Waals surface area contributed by atoms with Gasteiger partial charge in [-0.05, 0) is 38.6 Å². The molecule has 17 heavy (non-hydrogen) atoms. The second-order valence-electron chi connectivity index (χ2n) is 5.65. The van der Waals surface area contributed by atoms with Gasteiger partial charge in [0, 0.05) is 25.2 Å². The molecule has 1 heterocycles. The molecule has 2 rings (SSSR count). The zero-order chi connectivity index (χ0) is 12.1. The molecule has 1 saturated carbocycles. The topological polar surface area (TPSA) is 38.5 Å². The lowest BCUT2D eigenvalue weighted by Crippen LogP contribution is -2.54. The smallest absolute Gasteiger partial charge is 0.0702 e. The van der Waals surface area contributed by atoms with Gasteiger partial charge in [0.2, 0.25) is 0 Å². The van der Waals surface area contributed by atoms with Crippen LogP contribution in [0.25, 0.3) is 0 Å². The predicted octanol–water partition coefficient (Wildman–Crippen LogP) is 2.15. The van der Waals surface area contributed by atoms with E-state index >= 15 is 0 Å². The van der Waals surface area contributed by atoms with E-state index in [1.165, 1.54) is 45.1 Å². The van der Waals surface area contributed by atoms with Gasteiger partial charge in [0.05, 0.1) is 6.10 Å². The van der Waals surface area contributed by atoms with Crippen molar-refractivity contribution in [2.75, 3.05) is 19.7 Å². The molecule has 3 nitrogen and oxygen atoms in total. The van der Waals surface area contributed by atoms with E-state index in [0.29, 0.717) is 18.2 Å². The second-order valence-corrected chi connectivity index (χ2v) is 5.65. The van der Waals surface area contributed by atoms with Crippen molar-refractivity contribution in [1.82, 2.24) is 4.90 Å². The Kier molecular flexibility index (Phi) is 5.26. The summed E-state index contributed by atoms with van der Waals surface area (Å²) in [6, 6.07) is 1.02. The Labute approximate surface area is 106 Å². The van der Waals surface area contributed by atoms with E-state index in [1.54, 1.807) is 0 Å². The summed E-state index contributed by atoms with van der Waals surface area (Å²) in [5, 5.41) is 0. The van der Waals surface area contributed by atoms with E-state index < -0.39 is 0 Å². The van der Waals surface area contributed by atoms with Crippen molar-refractivity contribution in [2.45, 2.75) is 70.1 Å². The maximum Gasteiger partial charge on any atom is 0.0702 e. The minimum atomic E-state index is 0.397. The van der Waals surface area contributed by atoms with Gasteiger partial charge in [0.15, 0.2) is 0 Å². The van der Waals surface area contributed by atoms with Crippen LogP contribution in [-0.4, -0.2) is 42.8 Å². The summed E-state index contributed by atoms with van der Waals surface area (Å²) in [7, 11) is 0. The first-order chi connectivity index (χ1) is 8.31. The number of hydrogen-bond donors (Lipinski definition) is 1. The molecule has 2 N–H and O–H groups in total. The molecule has 1 aliphatic heterocycles. The SMILES string of the molecule is CCCOC1CCCN(C2CCCCC2N)C1. The molecule has 0 aromatic rings. The Morgan fingerprint density at radius 1 is 1.18 bits per heavy atom. The molecule has 0 bridgehead atoms. The van der Waals surface area contributed by atoms with Crippen molar-refractivity contribution in [3.63, 3.8) is 0 Å². The van der Waals surface area contributed by atoms with Crippen LogP contribution in [0.4, 0.5) is 0 Å². The lowest BCUT2D eigenvalue weighted by Gasteiger charge is -2.42. The summed E-state index contributed by atoms with van der Waals surface area (Å²) in [5.74, 6) is 0. The van der Waals surface area contributed by atoms with E-state index in [1.807, 2.05) is 0 Å². The third-order valence-electron chi connectivity index (χ3n) is 4.22. The Hall–Kier alpha value is -0.120. The number of piperidine rings is 1. The Balaban J connectivity index is 1.83. The molecule has 1 aliphatic carbocycles. The molecule has 2 aliphatic rings. The van der Waals surface area contributed by atoms with Crippen molar-refractivity contribution in [2.24, 2.45) is 5.73 Å². The van der Waals surface area contributed by atoms with Crippen molar-refractivity contribution in [3.05, 3.63) is 0 Å². The third kappa shape index (κ3) is 3.67. The van der Waals surface area contributed by atoms with Crippen LogP contribution >= 0.6 is 0 Å². The molecule has 3 atom stereocenters. The number of hydrogen-bond acceptors (Lipinski definition) is 3. The van der Waals surface area contributed by atoms with Gasteiger partial charge in [0.25, 0.3) is 0 Å². The normalized spacial score (nSPS) is 36.0. The van der Waals surface area contributed by atoms with Crippen LogP contribution in [0.5, 0.6) is 0 Å². The molecule has 0 amide bonds. The highest BCUT2D eigenvalue weighted by Gasteiger charge is 2.31. The Bertz CT molecular complexity index is 222. The lowest BCUT2D eigenvalue weighted by atomic mass is 9.88. The summed E-state index contributed by atoms with van der Waals surface area (Å²) < 4.78 is 5.91. The lowest BCUT2D eigenvalue weighted by molar-refractivity contribution is -0.0201. The summed E-state index contributed by atoms with van der Waals surface area (Å²) >= 11 is 0. The zero-order valence-corrected chi connectivity index (χ0v) is 11.2. The van der Waals surface area contributed by atoms with Gasteiger partial charge in [-0.1, -0.05) is 19.8 Å². The Morgan fingerprint density at radius 2 is 2.00 bits per heavy atom. The second kappa shape index (κ2) is 6.72. The van der Waals surface area contributed by atoms with Crippen LogP contribution in [0.2, 0.25) is 0 Å². The predicted molar refractivity (Wildman–Crippen MR) is 71.1 cm³/mol. The maximum atomic E-state index is 6.27. The summed E-state index contributed by atoms with van der Waals surface area (Å²) in [4.78, 5) is 2.60. The number of rotatable bonds is 4. The molecule has 3 heteroatoms. The highest BCUT2D eigenvalue weighted by atomic mass is 16.5. The van der Waals surface area contributed by atoms with E-state index in [9.17, 15) is 0 Å². The van der Waals surface area contributed by atoms with Gasteiger partial charge >= 0.3 is 0 Å². The fraction of sp³-hybridized carbons (Fsp3) is 1.00. The monoisotopic (exact) mass is 240 g/mol. The molecule has 3 unspecified atom stereocenters. The zero-order valence-electron chi connectivity index (χ0n) is 11.2. The number of nitrogens with zero attached hydrogens (tertiary/aromatic N) is 1. The van der Waals surface area contributed by atoms with Gasteiger partial charge in [-0.3, -0.25) is 4.90 Å². The summed E-state index contributed by atoms with van der Waals surface area (Å²) in [6.07, 6.45) is 9.27. The molecule has 0 aromatic heterocycles. The summed E-state index contributed by atoms with van der Waals surface area (Å²) in [5.41, 5.74) is 6.27. The molecule has 1 saturated heterocycles. The van der Waals surface area contributed by atoms with Crippen LogP contribution in [0.1, 0.15) is 51.9 Å². The molecule has 0 spiro atoms. The van der Waals surface area contributed by atoms with Crippen LogP contribution in [-0.2, 0) is 4.74 Å². The van der Waals surface area contributed by atoms with Gasteiger partial charge in [-0.15, -0.1) is 0 Å². The fourth-order valence-corrected chi connectivity index (χ4v) is 3.28. The van der Waals surface area contributed by atoms with Crippen LogP contribution in [0, 0.1) is 0 Å². The van der Waals surface area contributed by atoms with Crippen molar-refractivity contribution in [3.8, 4) is 0 Å². The standard InChI is InChI=1S/C14H28N2O/c1-2-10-17-12-6-5-9-16(11-12)14-8-4-3-7-13(14)15/h12-14H,2-11,15H2,1H3. The average molecular weight is 240 g/mol. The number of likely N-dealkylation sites (tertiary alicyclic amines) is 1. The molecule has 100 valence electrons. The van der Waals surface area contributed by atoms with Crippen LogP contribution < -0.4 is 5.73 Å². The molecule has 0 radical (unpaired) electrons. The van der Waals surface area contributed by atoms with E-state index in [2.05, 4.69) is 11.8 Å². The highest BCUT2D eigenvalue weighted by molar-refractivity contribution is 4.88. The molecule has 2 fully saturated rings. The molecule has 0 aromatic carbocycles. The number of ether oxygens (including phenoxy) is 1. The van der Waals surface area contributed by atoms with Crippen LogP contribution in [0.3, 0.4) is 0 Å². The van der Waals surface area contributed by atoms with Gasteiger partial charge in [0.1, 0.15) is 0 Å². The first-order valence-corrected chi connectivity index (χ1v) is 7.42. The maximum absolute atomic E-state index is 6.27. The molecular formula is C14H28N2O. The van der Waals surface area contributed by atoms with Crippen LogP contribution in [0.15, 0.2) is 0 Å². The third-order valence-corrected chi connectivity index (χ3v) is 4.22. The van der Waals surface area contributed by atoms with Crippen molar-refractivity contribution < 1.29 is 4.74 Å². The fourth-order valence-electron chi connectivity index (χ4n) is 3.28. The van der Waals surface area contributed by atoms with E-state index in [-0.39, 0.29) is 0 Å². The average Bonchev–Trinajstić information content (AvgIpc) is 2.37. The largest absolute Gasteiger partial charge is 0.377 e. The molecular weight excluding hydrogens is 212 g/mol. The quantitative estimate of drug-likeness (QED) is 0.818. The Morgan fingerprint density at radius 3 is 2.76 bits per heavy atom. The first kappa shape index (κ1) is 13.3. The highest BCUT2D eigenvalue weighted by Crippen LogP contribution is 2.25. The minimum Gasteiger partial charge on any atom is -0.377 e. The summed E-state index contributed by atoms with van der Waals surface area (Å²) in [6.45, 7) is 5.43.